The Balaban J connectivity index is 1.62. The maximum absolute atomic E-state index is 5.38. The first kappa shape index (κ1) is 17.0. The third kappa shape index (κ3) is 3.82. The topological polar surface area (TPSA) is 46.6 Å². The Morgan fingerprint density at radius 3 is 2.50 bits per heavy atom. The van der Waals surface area contributed by atoms with E-state index in [-0.39, 0.29) is 0 Å². The number of anilines is 1. The molecule has 3 rings (SSSR count). The zero-order valence-electron chi connectivity index (χ0n) is 14.8. The number of ether oxygens (including phenoxy) is 2. The van der Waals surface area contributed by atoms with Crippen LogP contribution in [0.2, 0.25) is 0 Å². The lowest BCUT2D eigenvalue weighted by Gasteiger charge is -2.20. The van der Waals surface area contributed by atoms with Crippen molar-refractivity contribution < 1.29 is 9.47 Å². The summed E-state index contributed by atoms with van der Waals surface area (Å²) in [6.07, 6.45) is 1.14. The minimum Gasteiger partial charge on any atom is -0.497 e. The Morgan fingerprint density at radius 1 is 1.21 bits per heavy atom. The molecule has 1 saturated heterocycles. The summed E-state index contributed by atoms with van der Waals surface area (Å²) >= 11 is 1.78. The molecule has 0 saturated carbocycles. The van der Waals surface area contributed by atoms with Crippen LogP contribution in [-0.4, -0.2) is 38.3 Å². The van der Waals surface area contributed by atoms with Gasteiger partial charge in [-0.3, -0.25) is 0 Å². The van der Waals surface area contributed by atoms with E-state index in [0.29, 0.717) is 6.04 Å². The number of nitrogens with zero attached hydrogens (tertiary/aromatic N) is 2. The second-order valence-electron chi connectivity index (χ2n) is 6.12. The molecule has 130 valence electrons. The van der Waals surface area contributed by atoms with Crippen LogP contribution in [0.15, 0.2) is 18.2 Å². The molecule has 5 nitrogen and oxygen atoms in total. The molecule has 0 spiro atoms. The number of nitrogens with one attached hydrogen (secondary N) is 1. The van der Waals surface area contributed by atoms with Gasteiger partial charge in [-0.1, -0.05) is 0 Å². The molecule has 1 atom stereocenters. The molecule has 0 aliphatic carbocycles. The van der Waals surface area contributed by atoms with Crippen LogP contribution >= 0.6 is 11.3 Å². The molecule has 6 heteroatoms. The number of rotatable bonds is 6. The van der Waals surface area contributed by atoms with E-state index in [9.17, 15) is 0 Å². The molecule has 1 N–H and O–H groups in total. The highest BCUT2D eigenvalue weighted by Gasteiger charge is 2.23. The fourth-order valence-electron chi connectivity index (χ4n) is 3.11. The summed E-state index contributed by atoms with van der Waals surface area (Å²) in [7, 11) is 3.37. The Hall–Kier alpha value is -1.79. The standard InChI is InChI=1S/C18H25N3O2S/c1-12-18(24-13(2)20-12)10-19-14-5-6-21(11-14)15-7-16(22-3)9-17(8-15)23-4/h7-9,14,19H,5-6,10-11H2,1-4H3/t14-/m0/s1. The van der Waals surface area contributed by atoms with Crippen LogP contribution in [-0.2, 0) is 6.54 Å². The van der Waals surface area contributed by atoms with E-state index in [2.05, 4.69) is 41.2 Å². The molecular weight excluding hydrogens is 322 g/mol. The van der Waals surface area contributed by atoms with Gasteiger partial charge in [0.1, 0.15) is 11.5 Å². The maximum atomic E-state index is 5.38. The van der Waals surface area contributed by atoms with E-state index in [1.165, 1.54) is 4.88 Å². The van der Waals surface area contributed by atoms with Gasteiger partial charge in [0, 0.05) is 54.4 Å². The van der Waals surface area contributed by atoms with Gasteiger partial charge in [-0.05, 0) is 20.3 Å². The van der Waals surface area contributed by atoms with E-state index in [4.69, 9.17) is 9.47 Å². The molecule has 0 radical (unpaired) electrons. The number of hydrogen-bond donors (Lipinski definition) is 1. The van der Waals surface area contributed by atoms with Crippen molar-refractivity contribution in [2.24, 2.45) is 0 Å². The van der Waals surface area contributed by atoms with Crippen LogP contribution in [0.25, 0.3) is 0 Å². The van der Waals surface area contributed by atoms with E-state index < -0.39 is 0 Å². The normalized spacial score (nSPS) is 17.3. The predicted molar refractivity (Wildman–Crippen MR) is 98.6 cm³/mol. The molecule has 24 heavy (non-hydrogen) atoms. The van der Waals surface area contributed by atoms with Crippen molar-refractivity contribution in [2.75, 3.05) is 32.2 Å². The molecule has 0 amide bonds. The summed E-state index contributed by atoms with van der Waals surface area (Å²) in [5, 5.41) is 4.81. The lowest BCUT2D eigenvalue weighted by molar-refractivity contribution is 0.394. The van der Waals surface area contributed by atoms with Crippen LogP contribution in [0, 0.1) is 13.8 Å². The molecule has 2 aromatic rings. The van der Waals surface area contributed by atoms with E-state index in [1.807, 2.05) is 6.07 Å². The minimum absolute atomic E-state index is 0.490. The van der Waals surface area contributed by atoms with Gasteiger partial charge in [-0.2, -0.15) is 0 Å². The van der Waals surface area contributed by atoms with Crippen molar-refractivity contribution in [1.82, 2.24) is 10.3 Å². The molecule has 0 bridgehead atoms. The largest absolute Gasteiger partial charge is 0.497 e. The first-order valence-electron chi connectivity index (χ1n) is 8.23. The number of methoxy groups -OCH3 is 2. The SMILES string of the molecule is COc1cc(OC)cc(N2CC[C@H](NCc3sc(C)nc3C)C2)c1. The first-order chi connectivity index (χ1) is 11.6. The van der Waals surface area contributed by atoms with E-state index in [1.54, 1.807) is 25.6 Å². The van der Waals surface area contributed by atoms with Gasteiger partial charge < -0.3 is 19.7 Å². The zero-order chi connectivity index (χ0) is 17.1. The van der Waals surface area contributed by atoms with E-state index >= 15 is 0 Å². The maximum Gasteiger partial charge on any atom is 0.124 e. The summed E-state index contributed by atoms with van der Waals surface area (Å²) in [6, 6.07) is 6.54. The number of aryl methyl sites for hydroxylation is 2. The van der Waals surface area contributed by atoms with Crippen molar-refractivity contribution >= 4 is 17.0 Å². The third-order valence-corrected chi connectivity index (χ3v) is 5.51. The van der Waals surface area contributed by atoms with Crippen molar-refractivity contribution in [3.8, 4) is 11.5 Å². The minimum atomic E-state index is 0.490. The van der Waals surface area contributed by atoms with Crippen LogP contribution in [0.4, 0.5) is 5.69 Å². The van der Waals surface area contributed by atoms with Crippen molar-refractivity contribution in [2.45, 2.75) is 32.9 Å². The van der Waals surface area contributed by atoms with E-state index in [0.717, 1.165) is 53.9 Å². The smallest absolute Gasteiger partial charge is 0.124 e. The first-order valence-corrected chi connectivity index (χ1v) is 9.05. The monoisotopic (exact) mass is 347 g/mol. The molecule has 0 unspecified atom stereocenters. The van der Waals surface area contributed by atoms with Gasteiger partial charge in [0.15, 0.2) is 0 Å². The lowest BCUT2D eigenvalue weighted by Crippen LogP contribution is -2.32. The van der Waals surface area contributed by atoms with Gasteiger partial charge >= 0.3 is 0 Å². The molecule has 1 aromatic carbocycles. The van der Waals surface area contributed by atoms with Crippen LogP contribution in [0.1, 0.15) is 22.0 Å². The third-order valence-electron chi connectivity index (χ3n) is 4.44. The average Bonchev–Trinajstić information content (AvgIpc) is 3.18. The number of aromatic nitrogens is 1. The second kappa shape index (κ2) is 7.40. The van der Waals surface area contributed by atoms with Crippen LogP contribution < -0.4 is 19.7 Å². The quantitative estimate of drug-likeness (QED) is 0.870. The summed E-state index contributed by atoms with van der Waals surface area (Å²) < 4.78 is 10.8. The van der Waals surface area contributed by atoms with Crippen LogP contribution in [0.5, 0.6) is 11.5 Å². The number of thiazole rings is 1. The highest BCUT2D eigenvalue weighted by atomic mass is 32.1. The Bertz CT molecular complexity index is 679. The molecule has 1 aromatic heterocycles. The number of benzene rings is 1. The van der Waals surface area contributed by atoms with Gasteiger partial charge in [-0.25, -0.2) is 4.98 Å². The molecular formula is C18H25N3O2S. The predicted octanol–water partition coefficient (Wildman–Crippen LogP) is 3.15. The summed E-state index contributed by atoms with van der Waals surface area (Å²) in [5.41, 5.74) is 2.30. The Morgan fingerprint density at radius 2 is 1.92 bits per heavy atom. The van der Waals surface area contributed by atoms with Gasteiger partial charge in [0.2, 0.25) is 0 Å². The number of hydrogen-bond acceptors (Lipinski definition) is 6. The van der Waals surface area contributed by atoms with Crippen molar-refractivity contribution in [1.29, 1.82) is 0 Å². The fourth-order valence-corrected chi connectivity index (χ4v) is 4.00. The summed E-state index contributed by atoms with van der Waals surface area (Å²) in [5.74, 6) is 1.66. The zero-order valence-corrected chi connectivity index (χ0v) is 15.6. The summed E-state index contributed by atoms with van der Waals surface area (Å²) in [6.45, 7) is 7.08. The molecule has 1 aliphatic rings. The average molecular weight is 347 g/mol. The molecule has 2 heterocycles. The summed E-state index contributed by atoms with van der Waals surface area (Å²) in [4.78, 5) is 8.22. The van der Waals surface area contributed by atoms with Gasteiger partial charge in [-0.15, -0.1) is 11.3 Å². The van der Waals surface area contributed by atoms with Crippen molar-refractivity contribution in [3.05, 3.63) is 33.8 Å². The Kier molecular flexibility index (Phi) is 5.26. The van der Waals surface area contributed by atoms with Crippen LogP contribution in [0.3, 0.4) is 0 Å². The highest BCUT2D eigenvalue weighted by Crippen LogP contribution is 2.30. The highest BCUT2D eigenvalue weighted by molar-refractivity contribution is 7.11. The van der Waals surface area contributed by atoms with Crippen molar-refractivity contribution in [3.63, 3.8) is 0 Å². The van der Waals surface area contributed by atoms with Gasteiger partial charge in [0.25, 0.3) is 0 Å². The Labute approximate surface area is 147 Å². The van der Waals surface area contributed by atoms with Gasteiger partial charge in [0.05, 0.1) is 24.9 Å². The lowest BCUT2D eigenvalue weighted by atomic mass is 10.2. The molecule has 1 fully saturated rings. The molecule has 1 aliphatic heterocycles. The second-order valence-corrected chi connectivity index (χ2v) is 7.41. The fraction of sp³-hybridized carbons (Fsp3) is 0.500.